The third-order valence-electron chi connectivity index (χ3n) is 6.21. The summed E-state index contributed by atoms with van der Waals surface area (Å²) in [5, 5.41) is 0.142. The van der Waals surface area contributed by atoms with E-state index in [2.05, 4.69) is 61.7 Å². The molecule has 0 amide bonds. The van der Waals surface area contributed by atoms with Crippen molar-refractivity contribution in [1.82, 2.24) is 18.7 Å². The number of methoxy groups -OCH3 is 3. The summed E-state index contributed by atoms with van der Waals surface area (Å²) in [6.45, 7) is 2.21. The summed E-state index contributed by atoms with van der Waals surface area (Å²) >= 11 is 9.31. The fourth-order valence-electron chi connectivity index (χ4n) is 4.13. The Balaban J connectivity index is 0.000000823. The van der Waals surface area contributed by atoms with E-state index in [0.29, 0.717) is 28.5 Å². The molecule has 0 aliphatic carbocycles. The fraction of sp³-hybridized carbons (Fsp3) is 0.429. The van der Waals surface area contributed by atoms with Gasteiger partial charge in [-0.1, -0.05) is 28.7 Å². The number of aryl methyl sites for hydroxylation is 2. The maximum atomic E-state index is 12.6. The summed E-state index contributed by atoms with van der Waals surface area (Å²) in [6, 6.07) is 2.37. The number of halogens is 3. The molecule has 0 fully saturated rings. The summed E-state index contributed by atoms with van der Waals surface area (Å²) in [4.78, 5) is 97.0. The molecule has 4 rings (SSSR count). The predicted octanol–water partition coefficient (Wildman–Crippen LogP) is 2.26. The molecule has 0 spiro atoms. The highest BCUT2D eigenvalue weighted by Gasteiger charge is 2.20. The maximum absolute atomic E-state index is 12.6. The van der Waals surface area contributed by atoms with E-state index in [9.17, 15) is 38.4 Å². The normalized spacial score (nSPS) is 10.0. The van der Waals surface area contributed by atoms with Crippen molar-refractivity contribution in [3.8, 4) is 0 Å². The minimum atomic E-state index is -0.843. The lowest BCUT2D eigenvalue weighted by atomic mass is 10.1. The van der Waals surface area contributed by atoms with Crippen molar-refractivity contribution < 1.29 is 32.6 Å². The molecule has 4 aromatic heterocycles. The van der Waals surface area contributed by atoms with Gasteiger partial charge in [0.25, 0.3) is 11.1 Å². The Bertz CT molecular complexity index is 2130. The number of hydrogen-bond acceptors (Lipinski definition) is 13. The van der Waals surface area contributed by atoms with Crippen LogP contribution in [-0.2, 0) is 56.5 Å². The minimum absolute atomic E-state index is 0. The van der Waals surface area contributed by atoms with E-state index in [1.54, 1.807) is 13.8 Å². The molecule has 17 nitrogen and oxygen atoms in total. The van der Waals surface area contributed by atoms with Gasteiger partial charge in [-0.15, -0.1) is 47.3 Å². The molecule has 0 aromatic carbocycles. The van der Waals surface area contributed by atoms with Crippen LogP contribution in [0.1, 0.15) is 39.8 Å². The third-order valence-corrected chi connectivity index (χ3v) is 6.21. The number of hydrogen-bond donors (Lipinski definition) is 1. The van der Waals surface area contributed by atoms with Crippen molar-refractivity contribution in [3.05, 3.63) is 85.8 Å². The van der Waals surface area contributed by atoms with Crippen LogP contribution in [-0.4, -0.2) is 55.1 Å². The van der Waals surface area contributed by atoms with E-state index in [4.69, 9.17) is 13.6 Å². The first-order valence-electron chi connectivity index (χ1n) is 13.3. The lowest BCUT2D eigenvalue weighted by Crippen LogP contribution is -2.42. The molecule has 49 heavy (non-hydrogen) atoms. The van der Waals surface area contributed by atoms with Gasteiger partial charge >= 0.3 is 37.8 Å². The molecule has 0 aliphatic heterocycles. The topological polar surface area (TPSA) is 221 Å². The average molecular weight is 887 g/mol. The smallest absolute Gasteiger partial charge is 0.369 e. The van der Waals surface area contributed by atoms with Crippen LogP contribution in [0.4, 0.5) is 0 Å². The molecule has 1 N–H and O–H groups in total. The zero-order chi connectivity index (χ0) is 35.6. The van der Waals surface area contributed by atoms with Gasteiger partial charge in [-0.3, -0.25) is 24.2 Å². The number of carbonyl (C=O) groups is 2. The van der Waals surface area contributed by atoms with Crippen molar-refractivity contribution in [2.24, 2.45) is 0 Å². The molecule has 4 heterocycles. The predicted molar refractivity (Wildman–Crippen MR) is 194 cm³/mol. The Hall–Kier alpha value is -3.82. The number of fused-ring (bicyclic) bond motifs is 2. The van der Waals surface area contributed by atoms with Crippen molar-refractivity contribution in [2.45, 2.75) is 61.4 Å². The third kappa shape index (κ3) is 11.4. The molecular weight excluding hydrogens is 851 g/mol. The zero-order valence-corrected chi connectivity index (χ0v) is 30.3. The number of nitrogens with zero attached hydrogens (tertiary/aromatic N) is 3. The largest absolute Gasteiger partial charge is 0.468 e. The number of aromatic amines is 1. The van der Waals surface area contributed by atoms with Gasteiger partial charge in [-0.25, -0.2) is 32.9 Å². The van der Waals surface area contributed by atoms with E-state index in [1.807, 2.05) is 0 Å². The number of carbonyl (C=O) groups excluding carboxylic acids is 2. The second-order valence-corrected chi connectivity index (χ2v) is 15.4. The van der Waals surface area contributed by atoms with E-state index in [-0.39, 0.29) is 47.0 Å². The Morgan fingerprint density at radius 1 is 0.755 bits per heavy atom. The maximum Gasteiger partial charge on any atom is 0.369 e. The molecule has 0 aliphatic rings. The second-order valence-electron chi connectivity index (χ2n) is 9.01. The van der Waals surface area contributed by atoms with Gasteiger partial charge < -0.3 is 23.0 Å². The van der Waals surface area contributed by atoms with Crippen LogP contribution in [0.3, 0.4) is 0 Å². The first-order valence-corrected chi connectivity index (χ1v) is 16.0. The van der Waals surface area contributed by atoms with Gasteiger partial charge in [0, 0.05) is 19.2 Å². The van der Waals surface area contributed by atoms with E-state index in [0.717, 1.165) is 23.4 Å². The highest BCUT2D eigenvalue weighted by atomic mass is 79.9. The summed E-state index contributed by atoms with van der Waals surface area (Å²) in [5.41, 5.74) is -3.92. The first-order chi connectivity index (χ1) is 22.1. The minimum Gasteiger partial charge on any atom is -0.468 e. The average Bonchev–Trinajstić information content (AvgIpc) is 3.01. The fourth-order valence-corrected chi connectivity index (χ4v) is 4.13. The van der Waals surface area contributed by atoms with Crippen molar-refractivity contribution in [1.29, 1.82) is 0 Å². The lowest BCUT2D eigenvalue weighted by Gasteiger charge is -2.12. The molecule has 0 saturated heterocycles. The van der Waals surface area contributed by atoms with Gasteiger partial charge in [0.1, 0.15) is 30.6 Å². The van der Waals surface area contributed by atoms with Crippen LogP contribution in [0.5, 0.6) is 0 Å². The van der Waals surface area contributed by atoms with Crippen LogP contribution in [0, 0.1) is 0 Å². The van der Waals surface area contributed by atoms with Crippen LogP contribution in [0.15, 0.2) is 49.7 Å². The summed E-state index contributed by atoms with van der Waals surface area (Å²) in [6.07, 6.45) is 0.780. The number of esters is 2. The molecule has 4 aromatic rings. The molecule has 0 saturated carbocycles. The first kappa shape index (κ1) is 45.2. The summed E-state index contributed by atoms with van der Waals surface area (Å²) in [5.74, 6) is -1.48. The highest BCUT2D eigenvalue weighted by Crippen LogP contribution is 2.13. The molecular formula is C28H36BBr3N4O13. The molecule has 0 radical (unpaired) electrons. The number of ether oxygens (including phenoxy) is 3. The van der Waals surface area contributed by atoms with Crippen LogP contribution >= 0.6 is 47.3 Å². The van der Waals surface area contributed by atoms with Gasteiger partial charge in [-0.2, -0.15) is 0 Å². The molecule has 21 heteroatoms. The Labute approximate surface area is 303 Å². The van der Waals surface area contributed by atoms with E-state index < -0.39 is 58.8 Å². The quantitative estimate of drug-likeness (QED) is 0.199. The zero-order valence-electron chi connectivity index (χ0n) is 25.6. The van der Waals surface area contributed by atoms with E-state index in [1.165, 1.54) is 19.2 Å². The Morgan fingerprint density at radius 3 is 1.67 bits per heavy atom. The highest BCUT2D eigenvalue weighted by molar-refractivity contribution is 9.69. The summed E-state index contributed by atoms with van der Waals surface area (Å²) in [7, 11) is 3.65. The van der Waals surface area contributed by atoms with E-state index >= 15 is 0 Å². The number of nitrogens with one attached hydrogen (secondary N) is 1. The number of H-pyrrole nitrogens is 1. The number of rotatable bonds is 8. The van der Waals surface area contributed by atoms with Crippen LogP contribution in [0.25, 0.3) is 22.2 Å². The second kappa shape index (κ2) is 20.6. The van der Waals surface area contributed by atoms with Crippen LogP contribution < -0.4 is 33.7 Å². The molecule has 0 bridgehead atoms. The van der Waals surface area contributed by atoms with Crippen LogP contribution in [0.2, 0.25) is 0 Å². The standard InChI is InChI=1S/C14H16N2O7.C12H12N2O6.2CH4.BBr3/c1-4-8-5-9(17)23-13-11(8)12(19)15(6-10(18)22-3)14(20)16(13)7-21-2;1-3-6-4-7(15)20-10-9(6)11(17)14(12(18)13-10)5-8(16)19-2;;;2-1(3)4/h5H,4,6-7H2,1-3H3;4H,3,5H2,1-2H3,(H,13,18);2*1H4;. The molecule has 0 unspecified atom stereocenters. The number of aromatic nitrogens is 4. The Morgan fingerprint density at radius 2 is 1.20 bits per heavy atom. The van der Waals surface area contributed by atoms with Gasteiger partial charge in [0.15, 0.2) is 0 Å². The monoisotopic (exact) mass is 884 g/mol. The molecule has 270 valence electrons. The summed E-state index contributed by atoms with van der Waals surface area (Å²) < 4.78 is 26.4. The van der Waals surface area contributed by atoms with Gasteiger partial charge in [0.05, 0.1) is 14.2 Å². The van der Waals surface area contributed by atoms with Gasteiger partial charge in [-0.05, 0) is 24.0 Å². The van der Waals surface area contributed by atoms with Crippen molar-refractivity contribution >= 4 is 84.6 Å². The van der Waals surface area contributed by atoms with Gasteiger partial charge in [0.2, 0.25) is 11.4 Å². The molecule has 0 atom stereocenters. The Kier molecular flexibility index (Phi) is 19.0. The SMILES string of the molecule is BrB(Br)Br.C.C.CCc1cc(=O)oc2[nH]c(=O)n(CC(=O)OC)c(=O)c12.CCc1cc(=O)oc2c1c(=O)n(CC(=O)OC)c(=O)n2COC. The van der Waals surface area contributed by atoms with Crippen molar-refractivity contribution in [3.63, 3.8) is 0 Å². The van der Waals surface area contributed by atoms with Crippen molar-refractivity contribution in [2.75, 3.05) is 21.3 Å². The lowest BCUT2D eigenvalue weighted by molar-refractivity contribution is -0.142.